The lowest BCUT2D eigenvalue weighted by molar-refractivity contribution is -0.160. The number of carbonyl (C=O) groups excluding carboxylic acids is 1. The van der Waals surface area contributed by atoms with Crippen LogP contribution in [0.1, 0.15) is 58.2 Å². The first kappa shape index (κ1) is 29.1. The zero-order chi connectivity index (χ0) is 27.9. The predicted octanol–water partition coefficient (Wildman–Crippen LogP) is 5.29. The third kappa shape index (κ3) is 6.68. The van der Waals surface area contributed by atoms with Gasteiger partial charge >= 0.3 is 5.97 Å². The van der Waals surface area contributed by atoms with E-state index < -0.39 is 24.6 Å². The summed E-state index contributed by atoms with van der Waals surface area (Å²) in [6, 6.07) is 15.6. The third-order valence-electron chi connectivity index (χ3n) is 6.72. The number of aryl methyl sites for hydroxylation is 1. The summed E-state index contributed by atoms with van der Waals surface area (Å²) in [5, 5.41) is 38.6. The van der Waals surface area contributed by atoms with Crippen LogP contribution in [0.15, 0.2) is 48.5 Å². The van der Waals surface area contributed by atoms with Crippen molar-refractivity contribution in [2.75, 3.05) is 19.8 Å². The molecule has 6 N–H and O–H groups in total. The van der Waals surface area contributed by atoms with Crippen molar-refractivity contribution in [2.45, 2.75) is 58.8 Å². The molecule has 4 aromatic rings. The van der Waals surface area contributed by atoms with Crippen molar-refractivity contribution >= 4 is 27.8 Å². The Morgan fingerprint density at radius 3 is 1.97 bits per heavy atom. The van der Waals surface area contributed by atoms with Crippen LogP contribution in [0.3, 0.4) is 0 Å². The fourth-order valence-corrected chi connectivity index (χ4v) is 4.31. The van der Waals surface area contributed by atoms with E-state index in [-0.39, 0.29) is 17.0 Å². The molecule has 4 rings (SSSR count). The maximum Gasteiger partial charge on any atom is 0.316 e. The lowest BCUT2D eigenvalue weighted by Gasteiger charge is -2.22. The van der Waals surface area contributed by atoms with E-state index in [4.69, 9.17) is 9.84 Å². The first-order valence-corrected chi connectivity index (χ1v) is 13.0. The smallest absolute Gasteiger partial charge is 0.316 e. The molecule has 0 spiro atoms. The SMILES string of the molecule is CC(CO)(CO)C(=O)OCCCCCc1c(C(C)(C)C)[nH]c2ccccc12.Oc1[nH]c2ccccc2c1O. The van der Waals surface area contributed by atoms with Gasteiger partial charge < -0.3 is 35.1 Å². The molecule has 0 bridgehead atoms. The number of aliphatic hydroxyl groups excluding tert-OH is 2. The van der Waals surface area contributed by atoms with Gasteiger partial charge in [-0.1, -0.05) is 51.1 Å². The van der Waals surface area contributed by atoms with Gasteiger partial charge in [-0.25, -0.2) is 0 Å². The number of para-hydroxylation sites is 2. The first-order valence-electron chi connectivity index (χ1n) is 13.0. The fourth-order valence-electron chi connectivity index (χ4n) is 4.31. The molecule has 0 aliphatic rings. The van der Waals surface area contributed by atoms with Gasteiger partial charge in [-0.3, -0.25) is 4.79 Å². The summed E-state index contributed by atoms with van der Waals surface area (Å²) in [5.74, 6) is -0.800. The summed E-state index contributed by atoms with van der Waals surface area (Å²) in [6.45, 7) is 7.64. The molecule has 38 heavy (non-hydrogen) atoms. The van der Waals surface area contributed by atoms with E-state index >= 15 is 0 Å². The average Bonchev–Trinajstić information content (AvgIpc) is 3.43. The Bertz CT molecular complexity index is 1340. The van der Waals surface area contributed by atoms with E-state index in [1.807, 2.05) is 6.07 Å². The Kier molecular flexibility index (Phi) is 9.46. The van der Waals surface area contributed by atoms with Gasteiger partial charge in [0, 0.05) is 27.4 Å². The standard InChI is InChI=1S/C22H33NO4.C8H7NO2/c1-21(2,3)19-17(16-10-7-8-12-18(16)23-19)11-6-5-9-13-27-20(26)22(4,14-24)15-25;10-7-5-3-1-2-4-6(5)9-8(7)11/h7-8,10,12,23-25H,5-6,9,11,13-15H2,1-4H3;1-4,9-11H. The van der Waals surface area contributed by atoms with Gasteiger partial charge in [0.25, 0.3) is 0 Å². The van der Waals surface area contributed by atoms with E-state index in [0.717, 1.165) is 31.2 Å². The highest BCUT2D eigenvalue weighted by atomic mass is 16.5. The number of hydrogen-bond donors (Lipinski definition) is 6. The Balaban J connectivity index is 0.000000299. The number of H-pyrrole nitrogens is 2. The molecule has 0 saturated carbocycles. The van der Waals surface area contributed by atoms with Crippen LogP contribution in [-0.2, 0) is 21.4 Å². The second-order valence-corrected chi connectivity index (χ2v) is 11.0. The molecule has 2 aromatic heterocycles. The number of ether oxygens (including phenoxy) is 1. The molecule has 206 valence electrons. The Morgan fingerprint density at radius 2 is 1.39 bits per heavy atom. The van der Waals surface area contributed by atoms with Gasteiger partial charge in [0.2, 0.25) is 5.88 Å². The van der Waals surface area contributed by atoms with E-state index in [1.54, 1.807) is 18.2 Å². The minimum atomic E-state index is -1.22. The minimum absolute atomic E-state index is 0.0585. The lowest BCUT2D eigenvalue weighted by atomic mass is 9.87. The fraction of sp³-hybridized carbons (Fsp3) is 0.433. The molecule has 0 fully saturated rings. The number of hydrogen-bond acceptors (Lipinski definition) is 6. The molecule has 0 atom stereocenters. The topological polar surface area (TPSA) is 139 Å². The Hall–Kier alpha value is -3.49. The molecule has 0 aliphatic carbocycles. The molecule has 0 aliphatic heterocycles. The van der Waals surface area contributed by atoms with Gasteiger partial charge in [0.05, 0.1) is 25.3 Å². The number of benzene rings is 2. The van der Waals surface area contributed by atoms with E-state index in [2.05, 4.69) is 55.0 Å². The molecular weight excluding hydrogens is 484 g/mol. The van der Waals surface area contributed by atoms with Crippen molar-refractivity contribution in [3.63, 3.8) is 0 Å². The van der Waals surface area contributed by atoms with Gasteiger partial charge in [-0.15, -0.1) is 0 Å². The third-order valence-corrected chi connectivity index (χ3v) is 6.72. The molecule has 0 radical (unpaired) electrons. The van der Waals surface area contributed by atoms with Gasteiger partial charge in [-0.05, 0) is 56.4 Å². The molecular formula is C30H40N2O6. The Labute approximate surface area is 223 Å². The van der Waals surface area contributed by atoms with Crippen molar-refractivity contribution in [1.82, 2.24) is 9.97 Å². The van der Waals surface area contributed by atoms with Crippen LogP contribution in [0.25, 0.3) is 21.8 Å². The summed E-state index contributed by atoms with van der Waals surface area (Å²) < 4.78 is 5.21. The normalized spacial score (nSPS) is 11.9. The Morgan fingerprint density at radius 1 is 0.816 bits per heavy atom. The number of rotatable bonds is 9. The monoisotopic (exact) mass is 524 g/mol. The van der Waals surface area contributed by atoms with Crippen molar-refractivity contribution in [3.05, 3.63) is 59.8 Å². The van der Waals surface area contributed by atoms with Crippen LogP contribution in [0, 0.1) is 5.41 Å². The summed E-state index contributed by atoms with van der Waals surface area (Å²) in [4.78, 5) is 18.1. The number of aromatic nitrogens is 2. The number of unbranched alkanes of at least 4 members (excludes halogenated alkanes) is 2. The number of nitrogens with one attached hydrogen (secondary N) is 2. The number of carbonyl (C=O) groups is 1. The number of esters is 1. The molecule has 0 unspecified atom stereocenters. The molecule has 8 nitrogen and oxygen atoms in total. The maximum atomic E-state index is 11.9. The molecule has 0 amide bonds. The van der Waals surface area contributed by atoms with Gasteiger partial charge in [-0.2, -0.15) is 0 Å². The second kappa shape index (κ2) is 12.4. The quantitative estimate of drug-likeness (QED) is 0.130. The summed E-state index contributed by atoms with van der Waals surface area (Å²) in [5.41, 5.74) is 3.43. The van der Waals surface area contributed by atoms with Crippen LogP contribution < -0.4 is 0 Å². The highest BCUT2D eigenvalue weighted by molar-refractivity contribution is 5.88. The maximum absolute atomic E-state index is 11.9. The van der Waals surface area contributed by atoms with Crippen molar-refractivity contribution in [3.8, 4) is 11.6 Å². The average molecular weight is 525 g/mol. The minimum Gasteiger partial charge on any atom is -0.503 e. The predicted molar refractivity (Wildman–Crippen MR) is 149 cm³/mol. The lowest BCUT2D eigenvalue weighted by Crippen LogP contribution is -2.37. The highest BCUT2D eigenvalue weighted by Crippen LogP contribution is 2.33. The molecule has 2 heterocycles. The second-order valence-electron chi connectivity index (χ2n) is 11.0. The summed E-state index contributed by atoms with van der Waals surface area (Å²) in [6.07, 6.45) is 3.71. The zero-order valence-electron chi connectivity index (χ0n) is 22.7. The van der Waals surface area contributed by atoms with Crippen LogP contribution in [0.5, 0.6) is 11.6 Å². The van der Waals surface area contributed by atoms with Gasteiger partial charge in [0.1, 0.15) is 5.41 Å². The molecule has 8 heteroatoms. The summed E-state index contributed by atoms with van der Waals surface area (Å²) in [7, 11) is 0. The van der Waals surface area contributed by atoms with E-state index in [0.29, 0.717) is 12.0 Å². The molecule has 0 saturated heterocycles. The van der Waals surface area contributed by atoms with Crippen molar-refractivity contribution in [1.29, 1.82) is 0 Å². The number of aromatic hydroxyl groups is 2. The summed E-state index contributed by atoms with van der Waals surface area (Å²) >= 11 is 0. The molecule has 2 aromatic carbocycles. The van der Waals surface area contributed by atoms with Crippen LogP contribution in [0.2, 0.25) is 0 Å². The zero-order valence-corrected chi connectivity index (χ0v) is 22.7. The van der Waals surface area contributed by atoms with Crippen LogP contribution in [0.4, 0.5) is 0 Å². The van der Waals surface area contributed by atoms with E-state index in [1.165, 1.54) is 29.1 Å². The number of aromatic amines is 2. The van der Waals surface area contributed by atoms with Crippen LogP contribution >= 0.6 is 0 Å². The largest absolute Gasteiger partial charge is 0.503 e. The van der Waals surface area contributed by atoms with Gasteiger partial charge in [0.15, 0.2) is 5.75 Å². The van der Waals surface area contributed by atoms with E-state index in [9.17, 15) is 20.1 Å². The number of fused-ring (bicyclic) bond motifs is 2. The number of aliphatic hydroxyl groups is 2. The first-order chi connectivity index (χ1) is 18.0. The van der Waals surface area contributed by atoms with Crippen LogP contribution in [-0.4, -0.2) is 56.2 Å². The van der Waals surface area contributed by atoms with Crippen molar-refractivity contribution < 1.29 is 30.0 Å². The highest BCUT2D eigenvalue weighted by Gasteiger charge is 2.33. The van der Waals surface area contributed by atoms with Crippen molar-refractivity contribution in [2.24, 2.45) is 5.41 Å².